The molecule has 0 bridgehead atoms. The van der Waals surface area contributed by atoms with Gasteiger partial charge in [0.2, 0.25) is 0 Å². The fourth-order valence-electron chi connectivity index (χ4n) is 3.37. The van der Waals surface area contributed by atoms with Crippen molar-refractivity contribution in [1.82, 2.24) is 8.96 Å². The highest BCUT2D eigenvalue weighted by Gasteiger charge is 2.24. The number of rotatable bonds is 8. The molecule has 0 aliphatic heterocycles. The van der Waals surface area contributed by atoms with Gasteiger partial charge in [0.15, 0.2) is 0 Å². The molecule has 3 aromatic heterocycles. The van der Waals surface area contributed by atoms with E-state index in [1.807, 2.05) is 19.1 Å². The van der Waals surface area contributed by atoms with Crippen molar-refractivity contribution in [2.75, 3.05) is 6.61 Å². The zero-order chi connectivity index (χ0) is 22.0. The van der Waals surface area contributed by atoms with Crippen molar-refractivity contribution in [3.8, 4) is 16.2 Å². The molecule has 4 aromatic rings. The van der Waals surface area contributed by atoms with Crippen molar-refractivity contribution in [3.05, 3.63) is 66.6 Å². The summed E-state index contributed by atoms with van der Waals surface area (Å²) in [5.41, 5.74) is 2.03. The van der Waals surface area contributed by atoms with Crippen LogP contribution in [-0.2, 0) is 21.2 Å². The average molecular weight is 457 g/mol. The first kappa shape index (κ1) is 21.1. The Bertz CT molecular complexity index is 1340. The van der Waals surface area contributed by atoms with Crippen molar-refractivity contribution >= 4 is 38.2 Å². The molecule has 9 heteroatoms. The Morgan fingerprint density at radius 1 is 1.16 bits per heavy atom. The van der Waals surface area contributed by atoms with Crippen LogP contribution in [0.2, 0.25) is 0 Å². The van der Waals surface area contributed by atoms with Crippen LogP contribution in [0.5, 0.6) is 5.75 Å². The second-order valence-electron chi connectivity index (χ2n) is 6.82. The summed E-state index contributed by atoms with van der Waals surface area (Å²) in [7, 11) is -3.86. The standard InChI is InChI=1S/C22H20N2O5S2/c1-2-29-17-4-5-19-18(13-17)16(3-7-21(25)26)14-24(19)31(27,28)22-8-6-20(30-22)15-9-11-23-12-10-15/h4-6,8-14H,2-3,7H2,1H3,(H,25,26). The predicted molar refractivity (Wildman–Crippen MR) is 119 cm³/mol. The number of carboxylic acids is 1. The minimum atomic E-state index is -3.86. The number of nitrogens with zero attached hydrogens (tertiary/aromatic N) is 2. The topological polar surface area (TPSA) is 98.5 Å². The summed E-state index contributed by atoms with van der Waals surface area (Å²) in [6.07, 6.45) is 4.96. The van der Waals surface area contributed by atoms with E-state index in [2.05, 4.69) is 4.98 Å². The Hall–Kier alpha value is -3.17. The molecule has 1 N–H and O–H groups in total. The molecule has 1 aromatic carbocycles. The molecular weight excluding hydrogens is 436 g/mol. The molecule has 0 atom stereocenters. The molecule has 4 rings (SSSR count). The molecule has 0 aliphatic rings. The van der Waals surface area contributed by atoms with Crippen LogP contribution in [-0.4, -0.2) is 35.1 Å². The zero-order valence-corrected chi connectivity index (χ0v) is 18.3. The highest BCUT2D eigenvalue weighted by Crippen LogP contribution is 2.35. The second-order valence-corrected chi connectivity index (χ2v) is 9.94. The molecule has 7 nitrogen and oxygen atoms in total. The molecule has 0 unspecified atom stereocenters. The van der Waals surface area contributed by atoms with E-state index in [1.54, 1.807) is 42.7 Å². The lowest BCUT2D eigenvalue weighted by Gasteiger charge is -2.07. The maximum Gasteiger partial charge on any atom is 0.303 e. The van der Waals surface area contributed by atoms with Gasteiger partial charge in [-0.05, 0) is 66.9 Å². The van der Waals surface area contributed by atoms with Gasteiger partial charge >= 0.3 is 5.97 Å². The van der Waals surface area contributed by atoms with Gasteiger partial charge in [-0.3, -0.25) is 9.78 Å². The van der Waals surface area contributed by atoms with Gasteiger partial charge in [-0.1, -0.05) is 0 Å². The highest BCUT2D eigenvalue weighted by atomic mass is 32.2. The number of benzene rings is 1. The number of thiophene rings is 1. The average Bonchev–Trinajstić information content (AvgIpc) is 3.39. The fraction of sp³-hybridized carbons (Fsp3) is 0.182. The van der Waals surface area contributed by atoms with Gasteiger partial charge in [0.1, 0.15) is 9.96 Å². The maximum absolute atomic E-state index is 13.5. The van der Waals surface area contributed by atoms with E-state index in [4.69, 9.17) is 9.84 Å². The van der Waals surface area contributed by atoms with E-state index >= 15 is 0 Å². The van der Waals surface area contributed by atoms with Crippen molar-refractivity contribution in [1.29, 1.82) is 0 Å². The molecule has 31 heavy (non-hydrogen) atoms. The minimum Gasteiger partial charge on any atom is -0.494 e. The van der Waals surface area contributed by atoms with Crippen LogP contribution in [0.15, 0.2) is 65.3 Å². The van der Waals surface area contributed by atoms with Crippen molar-refractivity contribution < 1.29 is 23.1 Å². The molecule has 3 heterocycles. The SMILES string of the molecule is CCOc1ccc2c(c1)c(CCC(=O)O)cn2S(=O)(=O)c1ccc(-c2ccncc2)s1. The van der Waals surface area contributed by atoms with Gasteiger partial charge in [0.05, 0.1) is 12.1 Å². The predicted octanol–water partition coefficient (Wildman–Crippen LogP) is 4.42. The molecule has 0 amide bonds. The van der Waals surface area contributed by atoms with Crippen LogP contribution in [0.4, 0.5) is 0 Å². The zero-order valence-electron chi connectivity index (χ0n) is 16.7. The quantitative estimate of drug-likeness (QED) is 0.421. The third-order valence-corrected chi connectivity index (χ3v) is 8.08. The first-order chi connectivity index (χ1) is 14.9. The van der Waals surface area contributed by atoms with Crippen molar-refractivity contribution in [2.24, 2.45) is 0 Å². The number of aliphatic carboxylic acids is 1. The molecule has 0 radical (unpaired) electrons. The second kappa shape index (κ2) is 8.52. The number of ether oxygens (including phenoxy) is 1. The third-order valence-electron chi connectivity index (χ3n) is 4.80. The van der Waals surface area contributed by atoms with Crippen LogP contribution < -0.4 is 4.74 Å². The number of aryl methyl sites for hydroxylation is 1. The highest BCUT2D eigenvalue weighted by molar-refractivity contribution is 7.92. The number of hydrogen-bond donors (Lipinski definition) is 1. The van der Waals surface area contributed by atoms with Gasteiger partial charge in [-0.15, -0.1) is 11.3 Å². The Labute approximate surface area is 183 Å². The summed E-state index contributed by atoms with van der Waals surface area (Å²) in [6.45, 7) is 2.34. The number of carbonyl (C=O) groups is 1. The Kier molecular flexibility index (Phi) is 5.79. The Balaban J connectivity index is 1.80. The van der Waals surface area contributed by atoms with Gasteiger partial charge in [0.25, 0.3) is 10.0 Å². The smallest absolute Gasteiger partial charge is 0.303 e. The van der Waals surface area contributed by atoms with E-state index in [-0.39, 0.29) is 17.1 Å². The summed E-state index contributed by atoms with van der Waals surface area (Å²) in [5.74, 6) is -0.331. The first-order valence-corrected chi connectivity index (χ1v) is 11.9. The molecule has 0 saturated carbocycles. The molecule has 0 spiro atoms. The molecule has 0 fully saturated rings. The number of aromatic nitrogens is 2. The molecule has 0 aliphatic carbocycles. The van der Waals surface area contributed by atoms with Gasteiger partial charge in [-0.2, -0.15) is 8.42 Å². The van der Waals surface area contributed by atoms with Crippen LogP contribution in [0.3, 0.4) is 0 Å². The normalized spacial score (nSPS) is 11.6. The molecule has 160 valence electrons. The number of carboxylic acid groups (broad SMARTS) is 1. The van der Waals surface area contributed by atoms with Crippen LogP contribution in [0, 0.1) is 0 Å². The summed E-state index contributed by atoms with van der Waals surface area (Å²) in [6, 6.07) is 12.2. The Morgan fingerprint density at radius 3 is 2.65 bits per heavy atom. The van der Waals surface area contributed by atoms with Crippen molar-refractivity contribution in [3.63, 3.8) is 0 Å². The largest absolute Gasteiger partial charge is 0.494 e. The van der Waals surface area contributed by atoms with Crippen molar-refractivity contribution in [2.45, 2.75) is 24.0 Å². The summed E-state index contributed by atoms with van der Waals surface area (Å²) >= 11 is 1.18. The van der Waals surface area contributed by atoms with Gasteiger partial charge < -0.3 is 9.84 Å². The van der Waals surface area contributed by atoms with E-state index in [9.17, 15) is 13.2 Å². The Morgan fingerprint density at radius 2 is 1.94 bits per heavy atom. The van der Waals surface area contributed by atoms with E-state index in [1.165, 1.54) is 21.5 Å². The lowest BCUT2D eigenvalue weighted by Crippen LogP contribution is -2.10. The monoisotopic (exact) mass is 456 g/mol. The summed E-state index contributed by atoms with van der Waals surface area (Å²) in [5, 5.41) is 9.76. The third kappa shape index (κ3) is 4.19. The van der Waals surface area contributed by atoms with Gasteiger partial charge in [-0.25, -0.2) is 3.97 Å². The van der Waals surface area contributed by atoms with Crippen LogP contribution in [0.25, 0.3) is 21.3 Å². The fourth-order valence-corrected chi connectivity index (χ4v) is 6.16. The summed E-state index contributed by atoms with van der Waals surface area (Å²) < 4.78 is 33.9. The van der Waals surface area contributed by atoms with E-state index in [0.29, 0.717) is 28.8 Å². The maximum atomic E-state index is 13.5. The summed E-state index contributed by atoms with van der Waals surface area (Å²) in [4.78, 5) is 15.9. The first-order valence-electron chi connectivity index (χ1n) is 9.64. The van der Waals surface area contributed by atoms with E-state index < -0.39 is 16.0 Å². The molecular formula is C22H20N2O5S2. The molecule has 0 saturated heterocycles. The van der Waals surface area contributed by atoms with Gasteiger partial charge in [0, 0.05) is 35.3 Å². The number of pyridine rings is 1. The number of hydrogen-bond acceptors (Lipinski definition) is 6. The number of fused-ring (bicyclic) bond motifs is 1. The lowest BCUT2D eigenvalue weighted by atomic mass is 10.1. The van der Waals surface area contributed by atoms with E-state index in [0.717, 1.165) is 10.4 Å². The van der Waals surface area contributed by atoms with Crippen LogP contribution >= 0.6 is 11.3 Å². The lowest BCUT2D eigenvalue weighted by molar-refractivity contribution is -0.136. The minimum absolute atomic E-state index is 0.0940. The van der Waals surface area contributed by atoms with Crippen LogP contribution in [0.1, 0.15) is 18.9 Å².